The number of nitrogens with one attached hydrogen (secondary N) is 1. The van der Waals surface area contributed by atoms with Crippen LogP contribution in [0.2, 0.25) is 0 Å². The van der Waals surface area contributed by atoms with Crippen molar-refractivity contribution in [2.24, 2.45) is 0 Å². The summed E-state index contributed by atoms with van der Waals surface area (Å²) in [5.41, 5.74) is 2.95. The molecule has 2 aromatic carbocycles. The van der Waals surface area contributed by atoms with Gasteiger partial charge < -0.3 is 15.0 Å². The second-order valence-electron chi connectivity index (χ2n) is 6.23. The minimum atomic E-state index is -0.277. The van der Waals surface area contributed by atoms with Crippen LogP contribution in [0.5, 0.6) is 5.75 Å². The van der Waals surface area contributed by atoms with Crippen molar-refractivity contribution in [2.75, 3.05) is 5.32 Å². The largest absolute Gasteiger partial charge is 0.508 e. The van der Waals surface area contributed by atoms with E-state index in [0.29, 0.717) is 6.54 Å². The van der Waals surface area contributed by atoms with E-state index in [1.807, 2.05) is 31.2 Å². The van der Waals surface area contributed by atoms with Crippen molar-refractivity contribution < 1.29 is 9.90 Å². The third kappa shape index (κ3) is 4.39. The first kappa shape index (κ1) is 17.5. The molecule has 0 spiro atoms. The van der Waals surface area contributed by atoms with Gasteiger partial charge in [0.2, 0.25) is 5.91 Å². The molecule has 0 saturated carbocycles. The molecule has 0 aliphatic carbocycles. The summed E-state index contributed by atoms with van der Waals surface area (Å²) in [7, 11) is 0. The molecule has 1 heterocycles. The number of nitrogens with zero attached hydrogens (tertiary/aromatic N) is 1. The Bertz CT molecular complexity index is 958. The minimum Gasteiger partial charge on any atom is -0.508 e. The zero-order valence-electron chi connectivity index (χ0n) is 14.5. The number of benzene rings is 2. The Labute approximate surface area is 151 Å². The first-order chi connectivity index (χ1) is 12.5. The molecule has 0 fully saturated rings. The molecular weight excluding hydrogens is 328 g/mol. The summed E-state index contributed by atoms with van der Waals surface area (Å²) in [4.78, 5) is 24.8. The van der Waals surface area contributed by atoms with Crippen LogP contribution in [0.4, 0.5) is 5.69 Å². The number of hydrogen-bond donors (Lipinski definition) is 2. The highest BCUT2D eigenvalue weighted by molar-refractivity contribution is 5.92. The van der Waals surface area contributed by atoms with E-state index < -0.39 is 0 Å². The Balaban J connectivity index is 1.72. The molecule has 0 aliphatic rings. The van der Waals surface area contributed by atoms with Gasteiger partial charge in [0.15, 0.2) is 0 Å². The fraction of sp³-hybridized carbons (Fsp3) is 0.143. The van der Waals surface area contributed by atoms with E-state index in [1.54, 1.807) is 35.0 Å². The molecule has 5 heteroatoms. The van der Waals surface area contributed by atoms with Crippen molar-refractivity contribution >= 4 is 11.6 Å². The highest BCUT2D eigenvalue weighted by atomic mass is 16.3. The number of aromatic nitrogens is 1. The zero-order chi connectivity index (χ0) is 18.5. The lowest BCUT2D eigenvalue weighted by atomic mass is 10.1. The van der Waals surface area contributed by atoms with Gasteiger partial charge in [-0.3, -0.25) is 9.59 Å². The maximum absolute atomic E-state index is 12.6. The quantitative estimate of drug-likeness (QED) is 0.744. The van der Waals surface area contributed by atoms with Gasteiger partial charge in [-0.05, 0) is 42.3 Å². The number of pyridine rings is 1. The summed E-state index contributed by atoms with van der Waals surface area (Å²) >= 11 is 0. The molecule has 5 nitrogen and oxygen atoms in total. The van der Waals surface area contributed by atoms with Gasteiger partial charge in [-0.25, -0.2) is 0 Å². The first-order valence-corrected chi connectivity index (χ1v) is 8.34. The van der Waals surface area contributed by atoms with Gasteiger partial charge in [-0.1, -0.05) is 42.0 Å². The number of hydrogen-bond acceptors (Lipinski definition) is 3. The second kappa shape index (κ2) is 7.70. The van der Waals surface area contributed by atoms with Crippen molar-refractivity contribution in [3.63, 3.8) is 0 Å². The standard InChI is InChI=1S/C21H20N2O3/c1-15-4-6-17(7-5-15)14-23-12-2-3-19(21(23)26)22-20(25)13-16-8-10-18(24)11-9-16/h2-12,24H,13-14H2,1H3,(H,22,25). The van der Waals surface area contributed by atoms with Crippen LogP contribution in [0.25, 0.3) is 0 Å². The number of carbonyl (C=O) groups excluding carboxylic acids is 1. The van der Waals surface area contributed by atoms with Crippen LogP contribution in [0, 0.1) is 6.92 Å². The van der Waals surface area contributed by atoms with E-state index in [0.717, 1.165) is 16.7 Å². The Morgan fingerprint density at radius 1 is 1.00 bits per heavy atom. The van der Waals surface area contributed by atoms with Crippen molar-refractivity contribution in [3.8, 4) is 5.75 Å². The molecule has 26 heavy (non-hydrogen) atoms. The minimum absolute atomic E-state index is 0.132. The summed E-state index contributed by atoms with van der Waals surface area (Å²) < 4.78 is 1.57. The molecule has 1 aromatic heterocycles. The predicted octanol–water partition coefficient (Wildman–Crippen LogP) is 3.09. The molecule has 2 N–H and O–H groups in total. The van der Waals surface area contributed by atoms with E-state index >= 15 is 0 Å². The van der Waals surface area contributed by atoms with Gasteiger partial charge in [0.1, 0.15) is 11.4 Å². The van der Waals surface area contributed by atoms with Crippen molar-refractivity contribution in [1.82, 2.24) is 4.57 Å². The number of aromatic hydroxyl groups is 1. The Kier molecular flexibility index (Phi) is 5.17. The van der Waals surface area contributed by atoms with Crippen LogP contribution < -0.4 is 10.9 Å². The van der Waals surface area contributed by atoms with Crippen LogP contribution in [0.3, 0.4) is 0 Å². The van der Waals surface area contributed by atoms with Gasteiger partial charge in [0, 0.05) is 6.20 Å². The molecule has 0 saturated heterocycles. The van der Waals surface area contributed by atoms with Crippen LogP contribution in [0.1, 0.15) is 16.7 Å². The average Bonchev–Trinajstić information content (AvgIpc) is 2.62. The van der Waals surface area contributed by atoms with Crippen LogP contribution in [0.15, 0.2) is 71.7 Å². The zero-order valence-corrected chi connectivity index (χ0v) is 14.5. The third-order valence-electron chi connectivity index (χ3n) is 4.07. The maximum atomic E-state index is 12.6. The molecule has 0 atom stereocenters. The highest BCUT2D eigenvalue weighted by Gasteiger charge is 2.09. The second-order valence-corrected chi connectivity index (χ2v) is 6.23. The number of carbonyl (C=O) groups is 1. The van der Waals surface area contributed by atoms with E-state index in [4.69, 9.17) is 0 Å². The van der Waals surface area contributed by atoms with Crippen LogP contribution in [-0.2, 0) is 17.8 Å². The van der Waals surface area contributed by atoms with E-state index in [1.165, 1.54) is 12.1 Å². The molecule has 0 radical (unpaired) electrons. The molecule has 3 aromatic rings. The van der Waals surface area contributed by atoms with Gasteiger partial charge >= 0.3 is 0 Å². The lowest BCUT2D eigenvalue weighted by Crippen LogP contribution is -2.26. The first-order valence-electron chi connectivity index (χ1n) is 8.34. The lowest BCUT2D eigenvalue weighted by molar-refractivity contribution is -0.115. The molecule has 0 aliphatic heterocycles. The smallest absolute Gasteiger partial charge is 0.274 e. The summed E-state index contributed by atoms with van der Waals surface area (Å²) in [6.07, 6.45) is 1.84. The Hall–Kier alpha value is -3.34. The van der Waals surface area contributed by atoms with Crippen LogP contribution in [-0.4, -0.2) is 15.6 Å². The average molecular weight is 348 g/mol. The predicted molar refractivity (Wildman–Crippen MR) is 101 cm³/mol. The highest BCUT2D eigenvalue weighted by Crippen LogP contribution is 2.11. The van der Waals surface area contributed by atoms with Gasteiger partial charge in [0.25, 0.3) is 5.56 Å². The van der Waals surface area contributed by atoms with Gasteiger partial charge in [0.05, 0.1) is 13.0 Å². The third-order valence-corrected chi connectivity index (χ3v) is 4.07. The fourth-order valence-corrected chi connectivity index (χ4v) is 2.64. The van der Waals surface area contributed by atoms with E-state index in [9.17, 15) is 14.7 Å². The summed E-state index contributed by atoms with van der Waals surface area (Å²) in [6, 6.07) is 17.7. The summed E-state index contributed by atoms with van der Waals surface area (Å²) in [6.45, 7) is 2.46. The Morgan fingerprint density at radius 2 is 1.65 bits per heavy atom. The SMILES string of the molecule is Cc1ccc(Cn2cccc(NC(=O)Cc3ccc(O)cc3)c2=O)cc1. The Morgan fingerprint density at radius 3 is 2.35 bits per heavy atom. The molecule has 132 valence electrons. The monoisotopic (exact) mass is 348 g/mol. The maximum Gasteiger partial charge on any atom is 0.274 e. The molecular formula is C21H20N2O3. The number of anilines is 1. The summed E-state index contributed by atoms with van der Waals surface area (Å²) in [5.74, 6) is -0.128. The number of aryl methyl sites for hydroxylation is 1. The number of phenols is 1. The molecule has 3 rings (SSSR count). The molecule has 0 unspecified atom stereocenters. The topological polar surface area (TPSA) is 71.3 Å². The van der Waals surface area contributed by atoms with Crippen molar-refractivity contribution in [1.29, 1.82) is 0 Å². The normalized spacial score (nSPS) is 10.5. The van der Waals surface area contributed by atoms with Gasteiger partial charge in [-0.2, -0.15) is 0 Å². The van der Waals surface area contributed by atoms with Crippen LogP contribution >= 0.6 is 0 Å². The van der Waals surface area contributed by atoms with E-state index in [2.05, 4.69) is 5.32 Å². The van der Waals surface area contributed by atoms with Gasteiger partial charge in [-0.15, -0.1) is 0 Å². The number of amides is 1. The van der Waals surface area contributed by atoms with Crippen molar-refractivity contribution in [3.05, 3.63) is 93.9 Å². The molecule has 0 bridgehead atoms. The van der Waals surface area contributed by atoms with Crippen molar-refractivity contribution in [2.45, 2.75) is 19.9 Å². The number of phenolic OH excluding ortho intramolecular Hbond substituents is 1. The molecule has 1 amide bonds. The number of rotatable bonds is 5. The lowest BCUT2D eigenvalue weighted by Gasteiger charge is -2.10. The van der Waals surface area contributed by atoms with E-state index in [-0.39, 0.29) is 29.3 Å². The fourth-order valence-electron chi connectivity index (χ4n) is 2.64. The summed E-state index contributed by atoms with van der Waals surface area (Å²) in [5, 5.41) is 12.0.